The fourth-order valence-corrected chi connectivity index (χ4v) is 4.16. The van der Waals surface area contributed by atoms with Gasteiger partial charge in [-0.1, -0.05) is 6.92 Å². The molecular weight excluding hydrogens is 364 g/mol. The number of H-pyrrole nitrogens is 1. The van der Waals surface area contributed by atoms with E-state index in [2.05, 4.69) is 33.4 Å². The number of piperidine rings is 1. The number of hydrogen-bond acceptors (Lipinski definition) is 5. The molecule has 152 valence electrons. The van der Waals surface area contributed by atoms with Gasteiger partial charge in [-0.25, -0.2) is 4.98 Å². The predicted molar refractivity (Wildman–Crippen MR) is 113 cm³/mol. The summed E-state index contributed by atoms with van der Waals surface area (Å²) in [5.74, 6) is 3.33. The molecule has 0 radical (unpaired) electrons. The molecule has 0 unspecified atom stereocenters. The molecule has 4 heterocycles. The van der Waals surface area contributed by atoms with Crippen molar-refractivity contribution < 1.29 is 0 Å². The van der Waals surface area contributed by atoms with Crippen LogP contribution in [0.2, 0.25) is 0 Å². The van der Waals surface area contributed by atoms with E-state index >= 15 is 0 Å². The summed E-state index contributed by atoms with van der Waals surface area (Å²) in [5.41, 5.74) is 2.02. The smallest absolute Gasteiger partial charge is 0.216 e. The van der Waals surface area contributed by atoms with E-state index in [1.807, 2.05) is 22.7 Å². The zero-order valence-electron chi connectivity index (χ0n) is 16.9. The zero-order valence-corrected chi connectivity index (χ0v) is 16.9. The first-order valence-corrected chi connectivity index (χ1v) is 10.7. The molecular formula is C21H28N8. The maximum Gasteiger partial charge on any atom is 0.216 e. The van der Waals surface area contributed by atoms with E-state index < -0.39 is 0 Å². The van der Waals surface area contributed by atoms with E-state index in [0.29, 0.717) is 23.5 Å². The summed E-state index contributed by atoms with van der Waals surface area (Å²) in [6, 6.07) is 6.02. The molecule has 0 spiro atoms. The van der Waals surface area contributed by atoms with Crippen LogP contribution in [0.5, 0.6) is 0 Å². The summed E-state index contributed by atoms with van der Waals surface area (Å²) in [6.07, 6.45) is 8.80. The monoisotopic (exact) mass is 392 g/mol. The molecule has 3 aromatic heterocycles. The highest BCUT2D eigenvalue weighted by Gasteiger charge is 2.27. The van der Waals surface area contributed by atoms with Crippen LogP contribution < -0.4 is 5.32 Å². The quantitative estimate of drug-likeness (QED) is 0.435. The van der Waals surface area contributed by atoms with Gasteiger partial charge in [0, 0.05) is 37.0 Å². The maximum atomic E-state index is 8.80. The SMILES string of the molecule is CC[C@H](C(=N)N1CCCCC1)c1nc(Nc2cc(C3CC3)[nH]n2)n2cccc2n1. The number of anilines is 2. The molecule has 2 aliphatic rings. The van der Waals surface area contributed by atoms with Gasteiger partial charge in [0.05, 0.1) is 5.92 Å². The van der Waals surface area contributed by atoms with Crippen molar-refractivity contribution >= 4 is 23.2 Å². The average molecular weight is 393 g/mol. The number of rotatable bonds is 6. The first-order valence-electron chi connectivity index (χ1n) is 10.7. The lowest BCUT2D eigenvalue weighted by atomic mass is 10.0. The van der Waals surface area contributed by atoms with Gasteiger partial charge < -0.3 is 10.2 Å². The summed E-state index contributed by atoms with van der Waals surface area (Å²) >= 11 is 0. The molecule has 8 heteroatoms. The van der Waals surface area contributed by atoms with E-state index in [1.54, 1.807) is 0 Å². The van der Waals surface area contributed by atoms with Gasteiger partial charge in [0.1, 0.15) is 17.3 Å². The summed E-state index contributed by atoms with van der Waals surface area (Å²) < 4.78 is 1.94. The Hall–Kier alpha value is -2.90. The second kappa shape index (κ2) is 7.50. The topological polar surface area (TPSA) is 98.0 Å². The first-order chi connectivity index (χ1) is 14.2. The van der Waals surface area contributed by atoms with Crippen molar-refractivity contribution in [3.8, 4) is 0 Å². The van der Waals surface area contributed by atoms with Gasteiger partial charge in [0.15, 0.2) is 5.82 Å². The Labute approximate surface area is 170 Å². The minimum Gasteiger partial charge on any atom is -0.360 e. The average Bonchev–Trinajstić information content (AvgIpc) is 3.30. The normalized spacial score (nSPS) is 18.2. The number of fused-ring (bicyclic) bond motifs is 1. The van der Waals surface area contributed by atoms with E-state index in [0.717, 1.165) is 43.8 Å². The molecule has 0 bridgehead atoms. The number of hydrogen-bond donors (Lipinski definition) is 3. The Morgan fingerprint density at radius 1 is 1.28 bits per heavy atom. The molecule has 5 rings (SSSR count). The van der Waals surface area contributed by atoms with E-state index in [1.165, 1.54) is 25.0 Å². The van der Waals surface area contributed by atoms with Crippen LogP contribution in [0.25, 0.3) is 5.65 Å². The summed E-state index contributed by atoms with van der Waals surface area (Å²) in [7, 11) is 0. The third-order valence-electron chi connectivity index (χ3n) is 6.01. The molecule has 3 aromatic rings. The standard InChI is InChI=1S/C21H28N8/c1-2-15(19(22)28-10-4-3-5-11-28)20-24-18-7-6-12-29(18)21(25-20)23-17-13-16(26-27-17)14-8-9-14/h6-7,12-15,22H,2-5,8-11H2,1H3,(H2,23,24,25,26,27)/t15-/m1/s1. The molecule has 1 aliphatic carbocycles. The van der Waals surface area contributed by atoms with Crippen molar-refractivity contribution in [2.45, 2.75) is 57.3 Å². The van der Waals surface area contributed by atoms with Crippen molar-refractivity contribution in [2.24, 2.45) is 0 Å². The third kappa shape index (κ3) is 3.59. The second-order valence-electron chi connectivity index (χ2n) is 8.14. The number of nitrogens with one attached hydrogen (secondary N) is 3. The Morgan fingerprint density at radius 3 is 2.86 bits per heavy atom. The molecule has 3 N–H and O–H groups in total. The second-order valence-corrected chi connectivity index (χ2v) is 8.14. The Bertz CT molecular complexity index is 1010. The van der Waals surface area contributed by atoms with Crippen LogP contribution in [0.3, 0.4) is 0 Å². The predicted octanol–water partition coefficient (Wildman–Crippen LogP) is 4.03. The third-order valence-corrected chi connectivity index (χ3v) is 6.01. The van der Waals surface area contributed by atoms with Gasteiger partial charge >= 0.3 is 0 Å². The van der Waals surface area contributed by atoms with Crippen LogP contribution >= 0.6 is 0 Å². The van der Waals surface area contributed by atoms with Gasteiger partial charge in [-0.3, -0.25) is 14.9 Å². The van der Waals surface area contributed by atoms with Crippen molar-refractivity contribution in [3.05, 3.63) is 35.9 Å². The van der Waals surface area contributed by atoms with E-state index in [4.69, 9.17) is 15.4 Å². The molecule has 1 saturated heterocycles. The molecule has 0 amide bonds. The Balaban J connectivity index is 1.46. The summed E-state index contributed by atoms with van der Waals surface area (Å²) in [6.45, 7) is 4.04. The molecule has 0 aromatic carbocycles. The fourth-order valence-electron chi connectivity index (χ4n) is 4.16. The number of nitrogens with zero attached hydrogens (tertiary/aromatic N) is 5. The maximum absolute atomic E-state index is 8.80. The highest BCUT2D eigenvalue weighted by molar-refractivity contribution is 5.85. The lowest BCUT2D eigenvalue weighted by Gasteiger charge is -2.32. The van der Waals surface area contributed by atoms with Crippen LogP contribution in [0, 0.1) is 5.41 Å². The summed E-state index contributed by atoms with van der Waals surface area (Å²) in [4.78, 5) is 11.8. The zero-order chi connectivity index (χ0) is 19.8. The fraction of sp³-hybridized carbons (Fsp3) is 0.524. The molecule has 1 saturated carbocycles. The molecule has 8 nitrogen and oxygen atoms in total. The number of likely N-dealkylation sites (tertiary alicyclic amines) is 1. The summed E-state index contributed by atoms with van der Waals surface area (Å²) in [5, 5.41) is 19.7. The Morgan fingerprint density at radius 2 is 2.10 bits per heavy atom. The Kier molecular flexibility index (Phi) is 4.69. The highest BCUT2D eigenvalue weighted by atomic mass is 15.3. The van der Waals surface area contributed by atoms with Crippen LogP contribution in [-0.2, 0) is 0 Å². The van der Waals surface area contributed by atoms with Crippen molar-refractivity contribution in [1.29, 1.82) is 5.41 Å². The lowest BCUT2D eigenvalue weighted by Crippen LogP contribution is -2.38. The molecule has 29 heavy (non-hydrogen) atoms. The van der Waals surface area contributed by atoms with E-state index in [9.17, 15) is 0 Å². The minimum atomic E-state index is -0.102. The first kappa shape index (κ1) is 18.1. The minimum absolute atomic E-state index is 0.102. The van der Waals surface area contributed by atoms with Gasteiger partial charge in [0.2, 0.25) is 5.95 Å². The largest absolute Gasteiger partial charge is 0.360 e. The molecule has 2 fully saturated rings. The number of aromatic nitrogens is 5. The van der Waals surface area contributed by atoms with Gasteiger partial charge in [-0.05, 0) is 50.7 Å². The van der Waals surface area contributed by atoms with E-state index in [-0.39, 0.29) is 5.92 Å². The highest BCUT2D eigenvalue weighted by Crippen LogP contribution is 2.39. The lowest BCUT2D eigenvalue weighted by molar-refractivity contribution is 0.329. The van der Waals surface area contributed by atoms with Crippen LogP contribution in [0.4, 0.5) is 11.8 Å². The van der Waals surface area contributed by atoms with Crippen molar-refractivity contribution in [2.75, 3.05) is 18.4 Å². The van der Waals surface area contributed by atoms with Gasteiger partial charge in [-0.2, -0.15) is 10.1 Å². The van der Waals surface area contributed by atoms with Crippen molar-refractivity contribution in [1.82, 2.24) is 29.5 Å². The van der Waals surface area contributed by atoms with Crippen LogP contribution in [0.1, 0.15) is 68.8 Å². The number of amidine groups is 1. The number of aromatic amines is 1. The van der Waals surface area contributed by atoms with Gasteiger partial charge in [0.25, 0.3) is 0 Å². The molecule has 1 atom stereocenters. The van der Waals surface area contributed by atoms with Gasteiger partial charge in [-0.15, -0.1) is 0 Å². The van der Waals surface area contributed by atoms with Crippen LogP contribution in [0.15, 0.2) is 24.4 Å². The van der Waals surface area contributed by atoms with Crippen molar-refractivity contribution in [3.63, 3.8) is 0 Å². The molecule has 1 aliphatic heterocycles. The van der Waals surface area contributed by atoms with Crippen LogP contribution in [-0.4, -0.2) is 48.4 Å².